The number of aromatic hydroxyl groups is 1. The third-order valence-electron chi connectivity index (χ3n) is 1.77. The fourth-order valence-electron chi connectivity index (χ4n) is 1.12. The second-order valence-electron chi connectivity index (χ2n) is 2.70. The smallest absolute Gasteiger partial charge is 0.336 e. The van der Waals surface area contributed by atoms with Gasteiger partial charge in [0, 0.05) is 17.5 Å². The first-order valence-corrected chi connectivity index (χ1v) is 3.69. The molecule has 0 unspecified atom stereocenters. The van der Waals surface area contributed by atoms with E-state index in [-0.39, 0.29) is 11.4 Å². The third-order valence-corrected chi connectivity index (χ3v) is 1.77. The van der Waals surface area contributed by atoms with Gasteiger partial charge in [0.15, 0.2) is 0 Å². The molecular formula is C9H7NO3. The highest BCUT2D eigenvalue weighted by Gasteiger charge is 2.01. The Hall–Kier alpha value is -1.97. The average Bonchev–Trinajstić information content (AvgIpc) is 2.08. The van der Waals surface area contributed by atoms with Gasteiger partial charge < -0.3 is 15.3 Å². The molecule has 2 rings (SSSR count). The molecule has 0 saturated carbocycles. The summed E-state index contributed by atoms with van der Waals surface area (Å²) in [7, 11) is 0. The van der Waals surface area contributed by atoms with Gasteiger partial charge in [0.05, 0.1) is 5.69 Å². The minimum atomic E-state index is -0.433. The minimum Gasteiger partial charge on any atom is -0.506 e. The van der Waals surface area contributed by atoms with Crippen LogP contribution in [0.3, 0.4) is 0 Å². The van der Waals surface area contributed by atoms with E-state index in [1.165, 1.54) is 18.2 Å². The fourth-order valence-corrected chi connectivity index (χ4v) is 1.12. The molecule has 0 amide bonds. The van der Waals surface area contributed by atoms with E-state index in [0.717, 1.165) is 0 Å². The number of nitrogens with two attached hydrogens (primary N) is 1. The highest BCUT2D eigenvalue weighted by molar-refractivity contribution is 5.82. The number of hydrogen-bond acceptors (Lipinski definition) is 4. The molecular weight excluding hydrogens is 170 g/mol. The van der Waals surface area contributed by atoms with Crippen molar-refractivity contribution in [1.29, 1.82) is 0 Å². The van der Waals surface area contributed by atoms with E-state index in [1.54, 1.807) is 6.07 Å². The van der Waals surface area contributed by atoms with Crippen molar-refractivity contribution in [1.82, 2.24) is 0 Å². The van der Waals surface area contributed by atoms with Crippen LogP contribution in [-0.4, -0.2) is 5.11 Å². The van der Waals surface area contributed by atoms with Crippen molar-refractivity contribution >= 4 is 16.7 Å². The third kappa shape index (κ3) is 1.22. The predicted molar refractivity (Wildman–Crippen MR) is 48.6 cm³/mol. The van der Waals surface area contributed by atoms with Gasteiger partial charge in [-0.3, -0.25) is 0 Å². The zero-order valence-corrected chi connectivity index (χ0v) is 6.65. The lowest BCUT2D eigenvalue weighted by atomic mass is 10.2. The lowest BCUT2D eigenvalue weighted by Gasteiger charge is -1.99. The number of rotatable bonds is 0. The molecule has 4 heteroatoms. The summed E-state index contributed by atoms with van der Waals surface area (Å²) < 4.78 is 4.85. The molecule has 66 valence electrons. The van der Waals surface area contributed by atoms with Crippen molar-refractivity contribution < 1.29 is 9.52 Å². The van der Waals surface area contributed by atoms with Crippen LogP contribution in [0.5, 0.6) is 5.75 Å². The first-order chi connectivity index (χ1) is 6.16. The molecule has 1 heterocycles. The Labute approximate surface area is 73.2 Å². The zero-order valence-electron chi connectivity index (χ0n) is 6.65. The molecule has 0 aliphatic rings. The Kier molecular flexibility index (Phi) is 1.48. The molecule has 0 aliphatic heterocycles. The number of nitrogen functional groups attached to an aromatic ring is 1. The van der Waals surface area contributed by atoms with Crippen LogP contribution >= 0.6 is 0 Å². The molecule has 4 nitrogen and oxygen atoms in total. The molecule has 1 aromatic heterocycles. The molecule has 1 aromatic carbocycles. The van der Waals surface area contributed by atoms with Crippen molar-refractivity contribution in [3.8, 4) is 5.75 Å². The average molecular weight is 177 g/mol. The maximum absolute atomic E-state index is 10.8. The van der Waals surface area contributed by atoms with Crippen LogP contribution < -0.4 is 11.4 Å². The molecule has 0 spiro atoms. The monoisotopic (exact) mass is 177 g/mol. The molecule has 0 radical (unpaired) electrons. The van der Waals surface area contributed by atoms with Crippen molar-refractivity contribution in [3.63, 3.8) is 0 Å². The second-order valence-corrected chi connectivity index (χ2v) is 2.70. The van der Waals surface area contributed by atoms with Crippen LogP contribution in [-0.2, 0) is 0 Å². The zero-order chi connectivity index (χ0) is 9.42. The van der Waals surface area contributed by atoms with Gasteiger partial charge >= 0.3 is 5.63 Å². The van der Waals surface area contributed by atoms with Crippen LogP contribution in [0.4, 0.5) is 5.69 Å². The second kappa shape index (κ2) is 2.52. The van der Waals surface area contributed by atoms with E-state index in [1.807, 2.05) is 0 Å². The van der Waals surface area contributed by atoms with Gasteiger partial charge in [-0.15, -0.1) is 0 Å². The SMILES string of the molecule is Nc1cc2oc(=O)ccc2cc1O. The van der Waals surface area contributed by atoms with Crippen molar-refractivity contribution in [3.05, 3.63) is 34.7 Å². The number of fused-ring (bicyclic) bond motifs is 1. The highest BCUT2D eigenvalue weighted by atomic mass is 16.4. The molecule has 3 N–H and O–H groups in total. The summed E-state index contributed by atoms with van der Waals surface area (Å²) in [6.07, 6.45) is 0. The van der Waals surface area contributed by atoms with Gasteiger partial charge in [0.1, 0.15) is 11.3 Å². The Morgan fingerprint density at radius 3 is 2.85 bits per heavy atom. The minimum absolute atomic E-state index is 0.0126. The van der Waals surface area contributed by atoms with E-state index in [9.17, 15) is 9.90 Å². The van der Waals surface area contributed by atoms with Crippen molar-refractivity contribution in [2.75, 3.05) is 5.73 Å². The Morgan fingerprint density at radius 2 is 2.08 bits per heavy atom. The Balaban J connectivity index is 2.89. The van der Waals surface area contributed by atoms with Gasteiger partial charge in [0.2, 0.25) is 0 Å². The van der Waals surface area contributed by atoms with Gasteiger partial charge in [-0.1, -0.05) is 0 Å². The van der Waals surface area contributed by atoms with E-state index in [0.29, 0.717) is 11.0 Å². The summed E-state index contributed by atoms with van der Waals surface area (Å²) >= 11 is 0. The maximum Gasteiger partial charge on any atom is 0.336 e. The molecule has 13 heavy (non-hydrogen) atoms. The number of hydrogen-bond donors (Lipinski definition) is 2. The molecule has 0 saturated heterocycles. The summed E-state index contributed by atoms with van der Waals surface area (Å²) in [5.41, 5.74) is 5.56. The highest BCUT2D eigenvalue weighted by Crippen LogP contribution is 2.25. The largest absolute Gasteiger partial charge is 0.506 e. The van der Waals surface area contributed by atoms with Crippen LogP contribution in [0.15, 0.2) is 33.5 Å². The molecule has 0 fully saturated rings. The van der Waals surface area contributed by atoms with Crippen molar-refractivity contribution in [2.45, 2.75) is 0 Å². The normalized spacial score (nSPS) is 10.5. The summed E-state index contributed by atoms with van der Waals surface area (Å²) in [6, 6.07) is 5.73. The van der Waals surface area contributed by atoms with Crippen LogP contribution in [0.1, 0.15) is 0 Å². The van der Waals surface area contributed by atoms with Gasteiger partial charge in [-0.05, 0) is 12.1 Å². The predicted octanol–water partition coefficient (Wildman–Crippen LogP) is 1.08. The number of benzene rings is 1. The maximum atomic E-state index is 10.8. The number of phenols is 1. The topological polar surface area (TPSA) is 76.5 Å². The summed E-state index contributed by atoms with van der Waals surface area (Å²) in [4.78, 5) is 10.8. The Morgan fingerprint density at radius 1 is 1.31 bits per heavy atom. The van der Waals surface area contributed by atoms with E-state index >= 15 is 0 Å². The Bertz CT molecular complexity index is 516. The molecule has 0 atom stereocenters. The van der Waals surface area contributed by atoms with Crippen LogP contribution in [0, 0.1) is 0 Å². The summed E-state index contributed by atoms with van der Waals surface area (Å²) in [5, 5.41) is 9.89. The quantitative estimate of drug-likeness (QED) is 0.358. The van der Waals surface area contributed by atoms with E-state index in [2.05, 4.69) is 0 Å². The van der Waals surface area contributed by atoms with E-state index in [4.69, 9.17) is 10.2 Å². The van der Waals surface area contributed by atoms with E-state index < -0.39 is 5.63 Å². The number of phenolic OH excluding ortho intramolecular Hbond substituents is 1. The van der Waals surface area contributed by atoms with Crippen LogP contribution in [0.25, 0.3) is 11.0 Å². The molecule has 2 aromatic rings. The lowest BCUT2D eigenvalue weighted by molar-refractivity contribution is 0.478. The molecule has 0 aliphatic carbocycles. The standard InChI is InChI=1S/C9H7NO3/c10-6-4-8-5(3-7(6)11)1-2-9(12)13-8/h1-4,11H,10H2. The van der Waals surface area contributed by atoms with Crippen molar-refractivity contribution in [2.24, 2.45) is 0 Å². The summed E-state index contributed by atoms with van der Waals surface area (Å²) in [5.74, 6) is -0.0126. The first kappa shape index (κ1) is 7.67. The fraction of sp³-hybridized carbons (Fsp3) is 0. The number of anilines is 1. The van der Waals surface area contributed by atoms with Crippen LogP contribution in [0.2, 0.25) is 0 Å². The molecule has 0 bridgehead atoms. The summed E-state index contributed by atoms with van der Waals surface area (Å²) in [6.45, 7) is 0. The van der Waals surface area contributed by atoms with Gasteiger partial charge in [0.25, 0.3) is 0 Å². The first-order valence-electron chi connectivity index (χ1n) is 3.69. The van der Waals surface area contributed by atoms with Gasteiger partial charge in [-0.25, -0.2) is 4.79 Å². The lowest BCUT2D eigenvalue weighted by Crippen LogP contribution is -1.95. The van der Waals surface area contributed by atoms with Gasteiger partial charge in [-0.2, -0.15) is 0 Å².